The lowest BCUT2D eigenvalue weighted by atomic mass is 10.1. The normalized spacial score (nSPS) is 13.6. The molecule has 0 heterocycles. The Morgan fingerprint density at radius 2 is 1.70 bits per heavy atom. The van der Waals surface area contributed by atoms with E-state index < -0.39 is 6.10 Å². The molecule has 2 rings (SSSR count). The van der Waals surface area contributed by atoms with Crippen molar-refractivity contribution in [2.24, 2.45) is 0 Å². The van der Waals surface area contributed by atoms with E-state index in [0.29, 0.717) is 6.54 Å². The van der Waals surface area contributed by atoms with Crippen LogP contribution in [0.15, 0.2) is 42.5 Å². The molecule has 4 heteroatoms. The SMILES string of the molecule is Cc1cc(C)cc(OCC(O)CNC(C)c2ccc(Cl)cc2)c1. The lowest BCUT2D eigenvalue weighted by Crippen LogP contribution is -2.33. The average molecular weight is 334 g/mol. The van der Waals surface area contributed by atoms with E-state index in [-0.39, 0.29) is 12.6 Å². The summed E-state index contributed by atoms with van der Waals surface area (Å²) in [6, 6.07) is 13.9. The van der Waals surface area contributed by atoms with E-state index in [1.165, 1.54) is 0 Å². The summed E-state index contributed by atoms with van der Waals surface area (Å²) in [4.78, 5) is 0. The fraction of sp³-hybridized carbons (Fsp3) is 0.368. The maximum Gasteiger partial charge on any atom is 0.119 e. The van der Waals surface area contributed by atoms with E-state index in [1.807, 2.05) is 50.2 Å². The van der Waals surface area contributed by atoms with Crippen molar-refractivity contribution in [2.45, 2.75) is 32.9 Å². The zero-order valence-electron chi connectivity index (χ0n) is 13.8. The van der Waals surface area contributed by atoms with E-state index in [0.717, 1.165) is 27.5 Å². The number of benzene rings is 2. The number of aliphatic hydroxyl groups excluding tert-OH is 1. The topological polar surface area (TPSA) is 41.5 Å². The van der Waals surface area contributed by atoms with Crippen molar-refractivity contribution in [1.82, 2.24) is 5.32 Å². The Morgan fingerprint density at radius 3 is 2.30 bits per heavy atom. The largest absolute Gasteiger partial charge is 0.491 e. The van der Waals surface area contributed by atoms with Gasteiger partial charge in [0.25, 0.3) is 0 Å². The molecule has 0 spiro atoms. The van der Waals surface area contributed by atoms with Crippen LogP contribution in [-0.4, -0.2) is 24.4 Å². The molecule has 0 fully saturated rings. The monoisotopic (exact) mass is 333 g/mol. The van der Waals surface area contributed by atoms with Crippen LogP contribution in [0.25, 0.3) is 0 Å². The Kier molecular flexibility index (Phi) is 6.46. The highest BCUT2D eigenvalue weighted by Crippen LogP contribution is 2.17. The lowest BCUT2D eigenvalue weighted by Gasteiger charge is -2.18. The fourth-order valence-corrected chi connectivity index (χ4v) is 2.58. The van der Waals surface area contributed by atoms with Gasteiger partial charge < -0.3 is 15.2 Å². The third-order valence-electron chi connectivity index (χ3n) is 3.67. The molecule has 0 bridgehead atoms. The van der Waals surface area contributed by atoms with Crippen molar-refractivity contribution >= 4 is 11.6 Å². The molecule has 0 aliphatic carbocycles. The van der Waals surface area contributed by atoms with Gasteiger partial charge in [-0.25, -0.2) is 0 Å². The van der Waals surface area contributed by atoms with E-state index in [2.05, 4.69) is 18.3 Å². The van der Waals surface area contributed by atoms with Gasteiger partial charge in [0, 0.05) is 17.6 Å². The molecule has 2 aromatic rings. The number of hydrogen-bond acceptors (Lipinski definition) is 3. The predicted octanol–water partition coefficient (Wildman–Crippen LogP) is 4.05. The number of halogens is 1. The number of nitrogens with one attached hydrogen (secondary N) is 1. The van der Waals surface area contributed by atoms with Crippen molar-refractivity contribution in [3.8, 4) is 5.75 Å². The van der Waals surface area contributed by atoms with E-state index in [1.54, 1.807) is 0 Å². The molecule has 0 saturated carbocycles. The van der Waals surface area contributed by atoms with Gasteiger partial charge in [-0.05, 0) is 61.7 Å². The Bertz CT molecular complexity index is 608. The molecule has 0 aliphatic rings. The third-order valence-corrected chi connectivity index (χ3v) is 3.92. The average Bonchev–Trinajstić information content (AvgIpc) is 2.50. The molecule has 0 aromatic heterocycles. The quantitative estimate of drug-likeness (QED) is 0.803. The standard InChI is InChI=1S/C19H24ClNO2/c1-13-8-14(2)10-19(9-13)23-12-18(22)11-21-15(3)16-4-6-17(20)7-5-16/h4-10,15,18,21-22H,11-12H2,1-3H3. The first kappa shape index (κ1) is 17.8. The highest BCUT2D eigenvalue weighted by molar-refractivity contribution is 6.30. The molecule has 124 valence electrons. The fourth-order valence-electron chi connectivity index (χ4n) is 2.45. The first-order valence-corrected chi connectivity index (χ1v) is 8.20. The molecule has 23 heavy (non-hydrogen) atoms. The molecule has 2 N–H and O–H groups in total. The smallest absolute Gasteiger partial charge is 0.119 e. The van der Waals surface area contributed by atoms with Crippen LogP contribution in [0.1, 0.15) is 29.7 Å². The van der Waals surface area contributed by atoms with Gasteiger partial charge >= 0.3 is 0 Å². The van der Waals surface area contributed by atoms with Crippen LogP contribution in [0.2, 0.25) is 5.02 Å². The van der Waals surface area contributed by atoms with Gasteiger partial charge in [-0.2, -0.15) is 0 Å². The Morgan fingerprint density at radius 1 is 1.09 bits per heavy atom. The molecule has 2 unspecified atom stereocenters. The molecular weight excluding hydrogens is 310 g/mol. The minimum absolute atomic E-state index is 0.142. The van der Waals surface area contributed by atoms with Crippen LogP contribution < -0.4 is 10.1 Å². The molecule has 0 amide bonds. The number of aliphatic hydroxyl groups is 1. The molecule has 0 saturated heterocycles. The van der Waals surface area contributed by atoms with Crippen LogP contribution in [-0.2, 0) is 0 Å². The number of hydrogen-bond donors (Lipinski definition) is 2. The molecule has 0 aliphatic heterocycles. The zero-order chi connectivity index (χ0) is 16.8. The maximum atomic E-state index is 10.1. The Balaban J connectivity index is 1.78. The summed E-state index contributed by atoms with van der Waals surface area (Å²) in [7, 11) is 0. The Hall–Kier alpha value is -1.55. The van der Waals surface area contributed by atoms with Gasteiger partial charge in [0.2, 0.25) is 0 Å². The van der Waals surface area contributed by atoms with Crippen molar-refractivity contribution in [3.63, 3.8) is 0 Å². The molecule has 3 nitrogen and oxygen atoms in total. The van der Waals surface area contributed by atoms with E-state index >= 15 is 0 Å². The van der Waals surface area contributed by atoms with Gasteiger partial charge in [-0.1, -0.05) is 29.8 Å². The summed E-state index contributed by atoms with van der Waals surface area (Å²) in [5.41, 5.74) is 3.45. The first-order chi connectivity index (χ1) is 10.9. The summed E-state index contributed by atoms with van der Waals surface area (Å²) in [6.45, 7) is 6.86. The summed E-state index contributed by atoms with van der Waals surface area (Å²) >= 11 is 5.89. The maximum absolute atomic E-state index is 10.1. The van der Waals surface area contributed by atoms with Crippen LogP contribution in [0.3, 0.4) is 0 Å². The summed E-state index contributed by atoms with van der Waals surface area (Å²) in [5.74, 6) is 0.798. The Labute approximate surface area is 143 Å². The van der Waals surface area contributed by atoms with Crippen LogP contribution >= 0.6 is 11.6 Å². The van der Waals surface area contributed by atoms with Gasteiger partial charge in [0.1, 0.15) is 18.5 Å². The highest BCUT2D eigenvalue weighted by atomic mass is 35.5. The van der Waals surface area contributed by atoms with E-state index in [4.69, 9.17) is 16.3 Å². The van der Waals surface area contributed by atoms with Gasteiger partial charge in [-0.15, -0.1) is 0 Å². The lowest BCUT2D eigenvalue weighted by molar-refractivity contribution is 0.104. The van der Waals surface area contributed by atoms with Crippen molar-refractivity contribution in [3.05, 3.63) is 64.2 Å². The minimum Gasteiger partial charge on any atom is -0.491 e. The highest BCUT2D eigenvalue weighted by Gasteiger charge is 2.10. The van der Waals surface area contributed by atoms with Crippen LogP contribution in [0.5, 0.6) is 5.75 Å². The second kappa shape index (κ2) is 8.34. The summed E-state index contributed by atoms with van der Waals surface area (Å²) in [6.07, 6.45) is -0.564. The van der Waals surface area contributed by atoms with Crippen molar-refractivity contribution < 1.29 is 9.84 Å². The molecule has 2 aromatic carbocycles. The number of ether oxygens (including phenoxy) is 1. The van der Waals surface area contributed by atoms with E-state index in [9.17, 15) is 5.11 Å². The van der Waals surface area contributed by atoms with Gasteiger partial charge in [0.05, 0.1) is 0 Å². The van der Waals surface area contributed by atoms with Gasteiger partial charge in [-0.3, -0.25) is 0 Å². The van der Waals surface area contributed by atoms with Gasteiger partial charge in [0.15, 0.2) is 0 Å². The van der Waals surface area contributed by atoms with Crippen molar-refractivity contribution in [1.29, 1.82) is 0 Å². The second-order valence-corrected chi connectivity index (χ2v) is 6.41. The second-order valence-electron chi connectivity index (χ2n) is 5.97. The van der Waals surface area contributed by atoms with Crippen LogP contribution in [0.4, 0.5) is 0 Å². The summed E-state index contributed by atoms with van der Waals surface area (Å²) in [5, 5.41) is 14.1. The predicted molar refractivity (Wildman–Crippen MR) is 95.3 cm³/mol. The first-order valence-electron chi connectivity index (χ1n) is 7.82. The molecule has 2 atom stereocenters. The third kappa shape index (κ3) is 5.87. The van der Waals surface area contributed by atoms with Crippen LogP contribution in [0, 0.1) is 13.8 Å². The molecular formula is C19H24ClNO2. The number of rotatable bonds is 7. The molecule has 0 radical (unpaired) electrons. The zero-order valence-corrected chi connectivity index (χ0v) is 14.6. The minimum atomic E-state index is -0.564. The summed E-state index contributed by atoms with van der Waals surface area (Å²) < 4.78 is 5.68. The van der Waals surface area contributed by atoms with Crippen molar-refractivity contribution in [2.75, 3.05) is 13.2 Å². The number of aryl methyl sites for hydroxylation is 2.